The SMILES string of the molecule is O=Cc1ccn2[nH]c(=O)nc2n1. The molecule has 0 atom stereocenters. The zero-order chi connectivity index (χ0) is 8.55. The van der Waals surface area contributed by atoms with Gasteiger partial charge in [0.25, 0.3) is 5.78 Å². The molecule has 1 N–H and O–H groups in total. The van der Waals surface area contributed by atoms with Crippen molar-refractivity contribution in [2.75, 3.05) is 0 Å². The minimum atomic E-state index is -0.481. The summed E-state index contributed by atoms with van der Waals surface area (Å²) >= 11 is 0. The average Bonchev–Trinajstić information content (AvgIpc) is 2.43. The van der Waals surface area contributed by atoms with Gasteiger partial charge in [0.05, 0.1) is 0 Å². The summed E-state index contributed by atoms with van der Waals surface area (Å²) in [6, 6.07) is 1.48. The first-order valence-corrected chi connectivity index (χ1v) is 3.20. The number of hydrogen-bond donors (Lipinski definition) is 1. The molecule has 2 aromatic rings. The molecule has 0 aliphatic carbocycles. The summed E-state index contributed by atoms with van der Waals surface area (Å²) in [6.45, 7) is 0. The highest BCUT2D eigenvalue weighted by Gasteiger charge is 1.99. The van der Waals surface area contributed by atoms with E-state index < -0.39 is 5.69 Å². The van der Waals surface area contributed by atoms with E-state index in [-0.39, 0.29) is 11.5 Å². The van der Waals surface area contributed by atoms with Crippen molar-refractivity contribution >= 4 is 12.1 Å². The number of fused-ring (bicyclic) bond motifs is 1. The lowest BCUT2D eigenvalue weighted by Crippen LogP contribution is -2.01. The lowest BCUT2D eigenvalue weighted by atomic mass is 10.4. The topological polar surface area (TPSA) is 80.1 Å². The van der Waals surface area contributed by atoms with Gasteiger partial charge in [0.2, 0.25) is 0 Å². The van der Waals surface area contributed by atoms with E-state index >= 15 is 0 Å². The van der Waals surface area contributed by atoms with E-state index in [2.05, 4.69) is 15.1 Å². The van der Waals surface area contributed by atoms with Gasteiger partial charge in [-0.1, -0.05) is 0 Å². The van der Waals surface area contributed by atoms with E-state index in [4.69, 9.17) is 0 Å². The number of nitrogens with one attached hydrogen (secondary N) is 1. The lowest BCUT2D eigenvalue weighted by Gasteiger charge is -1.90. The Kier molecular flexibility index (Phi) is 1.26. The quantitative estimate of drug-likeness (QED) is 0.561. The Morgan fingerprint density at radius 2 is 2.33 bits per heavy atom. The molecular weight excluding hydrogens is 160 g/mol. The molecule has 0 saturated carbocycles. The fourth-order valence-corrected chi connectivity index (χ4v) is 0.875. The molecular formula is C6H4N4O2. The van der Waals surface area contributed by atoms with E-state index in [0.29, 0.717) is 6.29 Å². The van der Waals surface area contributed by atoms with Gasteiger partial charge in [0.15, 0.2) is 6.29 Å². The minimum absolute atomic E-state index is 0.199. The lowest BCUT2D eigenvalue weighted by molar-refractivity contribution is 0.111. The molecule has 2 rings (SSSR count). The van der Waals surface area contributed by atoms with Crippen LogP contribution in [0.4, 0.5) is 0 Å². The van der Waals surface area contributed by atoms with Crippen LogP contribution in [0.2, 0.25) is 0 Å². The van der Waals surface area contributed by atoms with Crippen LogP contribution in [-0.4, -0.2) is 25.9 Å². The Morgan fingerprint density at radius 1 is 1.50 bits per heavy atom. The molecule has 12 heavy (non-hydrogen) atoms. The first-order valence-electron chi connectivity index (χ1n) is 3.20. The van der Waals surface area contributed by atoms with Crippen LogP contribution in [0.1, 0.15) is 10.5 Å². The molecule has 60 valence electrons. The first kappa shape index (κ1) is 6.71. The van der Waals surface area contributed by atoms with Crippen LogP contribution in [0.25, 0.3) is 5.78 Å². The third-order valence-corrected chi connectivity index (χ3v) is 1.38. The van der Waals surface area contributed by atoms with Gasteiger partial charge >= 0.3 is 5.69 Å². The molecule has 6 nitrogen and oxygen atoms in total. The highest BCUT2D eigenvalue weighted by Crippen LogP contribution is 1.92. The molecule has 0 radical (unpaired) electrons. The normalized spacial score (nSPS) is 10.3. The van der Waals surface area contributed by atoms with Gasteiger partial charge in [-0.15, -0.1) is 0 Å². The standard InChI is InChI=1S/C6H4N4O2/c11-3-4-1-2-10-5(7-4)8-6(12)9-10/h1-3H,(H,9,12). The van der Waals surface area contributed by atoms with Crippen LogP contribution in [0.5, 0.6) is 0 Å². The summed E-state index contributed by atoms with van der Waals surface area (Å²) in [5.41, 5.74) is -0.230. The van der Waals surface area contributed by atoms with E-state index in [1.165, 1.54) is 16.8 Å². The van der Waals surface area contributed by atoms with Gasteiger partial charge in [0.1, 0.15) is 5.69 Å². The summed E-state index contributed by atoms with van der Waals surface area (Å²) in [5.74, 6) is 0.199. The van der Waals surface area contributed by atoms with Gasteiger partial charge in [-0.3, -0.25) is 4.79 Å². The van der Waals surface area contributed by atoms with Gasteiger partial charge < -0.3 is 0 Å². The third kappa shape index (κ3) is 0.895. The zero-order valence-electron chi connectivity index (χ0n) is 5.89. The number of carbonyl (C=O) groups is 1. The third-order valence-electron chi connectivity index (χ3n) is 1.38. The van der Waals surface area contributed by atoms with E-state index in [1.807, 2.05) is 0 Å². The first-order chi connectivity index (χ1) is 5.79. The molecule has 0 spiro atoms. The number of aldehydes is 1. The molecule has 2 aromatic heterocycles. The number of H-pyrrole nitrogens is 1. The predicted molar refractivity (Wildman–Crippen MR) is 39.0 cm³/mol. The maximum atomic E-state index is 10.7. The highest BCUT2D eigenvalue weighted by molar-refractivity contribution is 5.72. The van der Waals surface area contributed by atoms with Crippen molar-refractivity contribution in [3.63, 3.8) is 0 Å². The average molecular weight is 164 g/mol. The summed E-state index contributed by atoms with van der Waals surface area (Å²) < 4.78 is 1.34. The molecule has 0 fully saturated rings. The second-order valence-corrected chi connectivity index (χ2v) is 2.17. The van der Waals surface area contributed by atoms with Crippen LogP contribution in [0, 0.1) is 0 Å². The van der Waals surface area contributed by atoms with Crippen molar-refractivity contribution in [3.05, 3.63) is 28.4 Å². The molecule has 0 unspecified atom stereocenters. The maximum Gasteiger partial charge on any atom is 0.363 e. The predicted octanol–water partition coefficient (Wildman–Crippen LogP) is -0.770. The van der Waals surface area contributed by atoms with Crippen LogP contribution >= 0.6 is 0 Å². The Bertz CT molecular complexity index is 483. The Hall–Kier alpha value is -1.98. The van der Waals surface area contributed by atoms with Crippen LogP contribution < -0.4 is 5.69 Å². The summed E-state index contributed by atoms with van der Waals surface area (Å²) in [7, 11) is 0. The Labute approximate surface area is 65.9 Å². The number of rotatable bonds is 1. The molecule has 0 amide bonds. The van der Waals surface area contributed by atoms with Crippen molar-refractivity contribution in [2.45, 2.75) is 0 Å². The zero-order valence-corrected chi connectivity index (χ0v) is 5.89. The van der Waals surface area contributed by atoms with Crippen molar-refractivity contribution in [3.8, 4) is 0 Å². The van der Waals surface area contributed by atoms with Gasteiger partial charge in [-0.25, -0.2) is 19.4 Å². The molecule has 0 aliphatic rings. The Morgan fingerprint density at radius 3 is 3.08 bits per heavy atom. The monoisotopic (exact) mass is 164 g/mol. The van der Waals surface area contributed by atoms with Crippen LogP contribution in [-0.2, 0) is 0 Å². The van der Waals surface area contributed by atoms with Gasteiger partial charge in [-0.05, 0) is 6.07 Å². The van der Waals surface area contributed by atoms with Gasteiger partial charge in [0, 0.05) is 6.20 Å². The molecule has 0 saturated heterocycles. The second kappa shape index (κ2) is 2.26. The molecule has 6 heteroatoms. The summed E-state index contributed by atoms with van der Waals surface area (Å²) in [5, 5.41) is 2.38. The van der Waals surface area contributed by atoms with E-state index in [1.54, 1.807) is 0 Å². The molecule has 0 aliphatic heterocycles. The number of carbonyl (C=O) groups excluding carboxylic acids is 1. The second-order valence-electron chi connectivity index (χ2n) is 2.17. The van der Waals surface area contributed by atoms with Crippen molar-refractivity contribution in [1.29, 1.82) is 0 Å². The van der Waals surface area contributed by atoms with Crippen LogP contribution in [0.15, 0.2) is 17.1 Å². The van der Waals surface area contributed by atoms with Gasteiger partial charge in [-0.2, -0.15) is 4.98 Å². The maximum absolute atomic E-state index is 10.7. The fraction of sp³-hybridized carbons (Fsp3) is 0. The number of hydrogen-bond acceptors (Lipinski definition) is 4. The molecule has 0 aromatic carbocycles. The minimum Gasteiger partial charge on any atom is -0.296 e. The number of nitrogens with zero attached hydrogens (tertiary/aromatic N) is 3. The van der Waals surface area contributed by atoms with Crippen molar-refractivity contribution < 1.29 is 4.79 Å². The fourth-order valence-electron chi connectivity index (χ4n) is 0.875. The largest absolute Gasteiger partial charge is 0.363 e. The number of aromatic nitrogens is 4. The molecule has 0 bridgehead atoms. The van der Waals surface area contributed by atoms with E-state index in [9.17, 15) is 9.59 Å². The smallest absolute Gasteiger partial charge is 0.296 e. The summed E-state index contributed by atoms with van der Waals surface area (Å²) in [4.78, 5) is 28.2. The van der Waals surface area contributed by atoms with E-state index in [0.717, 1.165) is 0 Å². The number of aromatic amines is 1. The molecule has 2 heterocycles. The summed E-state index contributed by atoms with van der Waals surface area (Å²) in [6.07, 6.45) is 2.11. The Balaban J connectivity index is 2.82. The van der Waals surface area contributed by atoms with Crippen molar-refractivity contribution in [1.82, 2.24) is 19.6 Å². The highest BCUT2D eigenvalue weighted by atomic mass is 16.1. The van der Waals surface area contributed by atoms with Crippen molar-refractivity contribution in [2.24, 2.45) is 0 Å². The van der Waals surface area contributed by atoms with Crippen LogP contribution in [0.3, 0.4) is 0 Å².